The Morgan fingerprint density at radius 1 is 1.60 bits per heavy atom. The Hall–Kier alpha value is -1.36. The van der Waals surface area contributed by atoms with Crippen LogP contribution in [0.4, 0.5) is 4.39 Å². The molecule has 0 spiro atoms. The predicted octanol–water partition coefficient (Wildman–Crippen LogP) is 1.90. The van der Waals surface area contributed by atoms with E-state index in [1.54, 1.807) is 0 Å². The molecule has 0 aliphatic rings. The van der Waals surface area contributed by atoms with Crippen LogP contribution in [0.3, 0.4) is 0 Å². The van der Waals surface area contributed by atoms with Gasteiger partial charge in [-0.1, -0.05) is 0 Å². The molecule has 3 nitrogen and oxygen atoms in total. The van der Waals surface area contributed by atoms with E-state index in [-0.39, 0.29) is 17.3 Å². The zero-order valence-corrected chi connectivity index (χ0v) is 8.84. The van der Waals surface area contributed by atoms with Crippen LogP contribution in [0.5, 0.6) is 0 Å². The quantitative estimate of drug-likeness (QED) is 0.448. The lowest BCUT2D eigenvalue weighted by molar-refractivity contribution is -0.137. The molecule has 0 fully saturated rings. The molecule has 1 aromatic carbocycles. The number of carbonyl (C=O) groups is 2. The molecule has 0 bridgehead atoms. The maximum atomic E-state index is 12.7. The van der Waals surface area contributed by atoms with E-state index in [1.165, 1.54) is 19.2 Å². The van der Waals surface area contributed by atoms with Crippen molar-refractivity contribution in [3.05, 3.63) is 29.6 Å². The van der Waals surface area contributed by atoms with Crippen molar-refractivity contribution in [2.45, 2.75) is 4.90 Å². The molecular weight excluding hydrogens is 219 g/mol. The number of thioether (sulfide) groups is 1. The molecule has 0 saturated heterocycles. The van der Waals surface area contributed by atoms with E-state index in [0.717, 1.165) is 17.8 Å². The van der Waals surface area contributed by atoms with E-state index in [0.29, 0.717) is 11.2 Å². The molecule has 0 aromatic heterocycles. The summed E-state index contributed by atoms with van der Waals surface area (Å²) in [6.07, 6.45) is 0.558. The standard InChI is InChI=1S/C10H9FO3S/c1-14-10(13)6-15-9-3-2-8(11)4-7(9)5-12/h2-5H,6H2,1H3. The van der Waals surface area contributed by atoms with Gasteiger partial charge >= 0.3 is 5.97 Å². The molecule has 0 N–H and O–H groups in total. The second kappa shape index (κ2) is 5.50. The Labute approximate surface area is 90.6 Å². The van der Waals surface area contributed by atoms with Gasteiger partial charge in [-0.3, -0.25) is 9.59 Å². The smallest absolute Gasteiger partial charge is 0.315 e. The summed E-state index contributed by atoms with van der Waals surface area (Å²) < 4.78 is 17.2. The van der Waals surface area contributed by atoms with Gasteiger partial charge in [0.05, 0.1) is 12.9 Å². The van der Waals surface area contributed by atoms with Crippen molar-refractivity contribution in [2.75, 3.05) is 12.9 Å². The van der Waals surface area contributed by atoms with Gasteiger partial charge in [0.25, 0.3) is 0 Å². The number of hydrogen-bond acceptors (Lipinski definition) is 4. The SMILES string of the molecule is COC(=O)CSc1ccc(F)cc1C=O. The summed E-state index contributed by atoms with van der Waals surface area (Å²) in [6.45, 7) is 0. The highest BCUT2D eigenvalue weighted by molar-refractivity contribution is 8.00. The molecule has 1 rings (SSSR count). The van der Waals surface area contributed by atoms with Crippen molar-refractivity contribution in [1.82, 2.24) is 0 Å². The van der Waals surface area contributed by atoms with Gasteiger partial charge in [-0.15, -0.1) is 11.8 Å². The highest BCUT2D eigenvalue weighted by Gasteiger charge is 2.07. The second-order valence-electron chi connectivity index (χ2n) is 2.66. The fraction of sp³-hybridized carbons (Fsp3) is 0.200. The lowest BCUT2D eigenvalue weighted by Crippen LogP contribution is -2.03. The van der Waals surface area contributed by atoms with Gasteiger partial charge in [-0.05, 0) is 18.2 Å². The first-order valence-electron chi connectivity index (χ1n) is 4.11. The van der Waals surface area contributed by atoms with Gasteiger partial charge in [-0.2, -0.15) is 0 Å². The first-order valence-corrected chi connectivity index (χ1v) is 5.10. The number of rotatable bonds is 4. The summed E-state index contributed by atoms with van der Waals surface area (Å²) >= 11 is 1.14. The largest absolute Gasteiger partial charge is 0.468 e. The molecule has 0 radical (unpaired) electrons. The van der Waals surface area contributed by atoms with Crippen LogP contribution in [0.15, 0.2) is 23.1 Å². The van der Waals surface area contributed by atoms with Crippen LogP contribution in [0, 0.1) is 5.82 Å². The Kier molecular flexibility index (Phi) is 4.30. The normalized spacial score (nSPS) is 9.73. The molecule has 0 aliphatic carbocycles. The van der Waals surface area contributed by atoms with Crippen molar-refractivity contribution >= 4 is 24.0 Å². The number of halogens is 1. The maximum absolute atomic E-state index is 12.7. The van der Waals surface area contributed by atoms with Gasteiger partial charge in [-0.25, -0.2) is 4.39 Å². The topological polar surface area (TPSA) is 43.4 Å². The summed E-state index contributed by atoms with van der Waals surface area (Å²) in [5.74, 6) is -0.760. The average molecular weight is 228 g/mol. The Morgan fingerprint density at radius 2 is 2.33 bits per heavy atom. The monoisotopic (exact) mass is 228 g/mol. The first kappa shape index (κ1) is 11.7. The van der Waals surface area contributed by atoms with Gasteiger partial charge < -0.3 is 4.74 Å². The highest BCUT2D eigenvalue weighted by atomic mass is 32.2. The van der Waals surface area contributed by atoms with Crippen molar-refractivity contribution < 1.29 is 18.7 Å². The van der Waals surface area contributed by atoms with Gasteiger partial charge in [0.2, 0.25) is 0 Å². The third-order valence-corrected chi connectivity index (χ3v) is 2.73. The fourth-order valence-corrected chi connectivity index (χ4v) is 1.77. The fourth-order valence-electron chi connectivity index (χ4n) is 0.938. The van der Waals surface area contributed by atoms with Gasteiger partial charge in [0.1, 0.15) is 5.82 Å². The molecule has 0 atom stereocenters. The Morgan fingerprint density at radius 3 is 2.93 bits per heavy atom. The number of benzene rings is 1. The number of hydrogen-bond donors (Lipinski definition) is 0. The number of esters is 1. The lowest BCUT2D eigenvalue weighted by atomic mass is 10.2. The van der Waals surface area contributed by atoms with E-state index < -0.39 is 5.82 Å². The van der Waals surface area contributed by atoms with Crippen molar-refractivity contribution in [3.63, 3.8) is 0 Å². The molecule has 0 heterocycles. The third-order valence-electron chi connectivity index (χ3n) is 1.67. The molecule has 5 heteroatoms. The molecule has 0 amide bonds. The summed E-state index contributed by atoms with van der Waals surface area (Å²) in [5, 5.41) is 0. The predicted molar refractivity (Wildman–Crippen MR) is 54.5 cm³/mol. The minimum absolute atomic E-state index is 0.100. The Balaban J connectivity index is 2.76. The van der Waals surface area contributed by atoms with E-state index in [2.05, 4.69) is 4.74 Å². The highest BCUT2D eigenvalue weighted by Crippen LogP contribution is 2.22. The van der Waals surface area contributed by atoms with Crippen LogP contribution in [-0.2, 0) is 9.53 Å². The number of carbonyl (C=O) groups excluding carboxylic acids is 2. The molecule has 1 aromatic rings. The average Bonchev–Trinajstić information content (AvgIpc) is 2.26. The molecule has 15 heavy (non-hydrogen) atoms. The third kappa shape index (κ3) is 3.36. The van der Waals surface area contributed by atoms with E-state index in [4.69, 9.17) is 0 Å². The molecule has 0 unspecified atom stereocenters. The maximum Gasteiger partial charge on any atom is 0.315 e. The summed E-state index contributed by atoms with van der Waals surface area (Å²) in [4.78, 5) is 22.0. The minimum Gasteiger partial charge on any atom is -0.468 e. The summed E-state index contributed by atoms with van der Waals surface area (Å²) in [6, 6.07) is 3.84. The summed E-state index contributed by atoms with van der Waals surface area (Å²) in [5.41, 5.74) is 0.240. The van der Waals surface area contributed by atoms with Crippen molar-refractivity contribution in [2.24, 2.45) is 0 Å². The zero-order chi connectivity index (χ0) is 11.3. The van der Waals surface area contributed by atoms with Gasteiger partial charge in [0, 0.05) is 10.5 Å². The minimum atomic E-state index is -0.473. The van der Waals surface area contributed by atoms with Crippen LogP contribution >= 0.6 is 11.8 Å². The van der Waals surface area contributed by atoms with Crippen LogP contribution in [-0.4, -0.2) is 25.1 Å². The van der Waals surface area contributed by atoms with Crippen LogP contribution in [0.1, 0.15) is 10.4 Å². The zero-order valence-electron chi connectivity index (χ0n) is 8.03. The Bertz CT molecular complexity index is 379. The molecular formula is C10H9FO3S. The molecule has 0 saturated carbocycles. The number of ether oxygens (including phenoxy) is 1. The van der Waals surface area contributed by atoms with Crippen LogP contribution in [0.25, 0.3) is 0 Å². The van der Waals surface area contributed by atoms with E-state index >= 15 is 0 Å². The van der Waals surface area contributed by atoms with Crippen molar-refractivity contribution in [3.8, 4) is 0 Å². The number of methoxy groups -OCH3 is 1. The van der Waals surface area contributed by atoms with Crippen LogP contribution < -0.4 is 0 Å². The van der Waals surface area contributed by atoms with Crippen LogP contribution in [0.2, 0.25) is 0 Å². The molecule has 80 valence electrons. The van der Waals surface area contributed by atoms with E-state index in [9.17, 15) is 14.0 Å². The van der Waals surface area contributed by atoms with E-state index in [1.807, 2.05) is 0 Å². The second-order valence-corrected chi connectivity index (χ2v) is 3.68. The number of aldehydes is 1. The van der Waals surface area contributed by atoms with Crippen molar-refractivity contribution in [1.29, 1.82) is 0 Å². The van der Waals surface area contributed by atoms with Gasteiger partial charge in [0.15, 0.2) is 6.29 Å². The summed E-state index contributed by atoms with van der Waals surface area (Å²) in [7, 11) is 1.29. The lowest BCUT2D eigenvalue weighted by Gasteiger charge is -2.03. The first-order chi connectivity index (χ1) is 7.17. The molecule has 0 aliphatic heterocycles.